The Labute approximate surface area is 180 Å². The Hall–Kier alpha value is -2.79. The smallest absolute Gasteiger partial charge is 0.437 e. The van der Waals surface area contributed by atoms with Crippen LogP contribution in [0.15, 0.2) is 35.7 Å². The van der Waals surface area contributed by atoms with Crippen LogP contribution in [0.1, 0.15) is 35.1 Å². The van der Waals surface area contributed by atoms with E-state index in [1.165, 1.54) is 41.0 Å². The zero-order valence-electron chi connectivity index (χ0n) is 16.7. The van der Waals surface area contributed by atoms with Gasteiger partial charge < -0.3 is 25.2 Å². The lowest BCUT2D eigenvalue weighted by molar-refractivity contribution is -0.287. The summed E-state index contributed by atoms with van der Waals surface area (Å²) in [6, 6.07) is 4.44. The number of Topliss-reactive ketones (excluding diaryl/α,β-unsaturated/α-hetero) is 1. The molecule has 11 heteroatoms. The van der Waals surface area contributed by atoms with Crippen LogP contribution in [0.3, 0.4) is 0 Å². The summed E-state index contributed by atoms with van der Waals surface area (Å²) in [5.41, 5.74) is -3.62. The number of carbonyl (C=O) groups excluding carboxylic acids is 2. The molecule has 0 radical (unpaired) electrons. The third-order valence-corrected chi connectivity index (χ3v) is 5.66. The Balaban J connectivity index is 2.14. The number of amides is 2. The van der Waals surface area contributed by atoms with Crippen molar-refractivity contribution >= 4 is 23.2 Å². The highest BCUT2D eigenvalue weighted by atomic mass is 32.1. The van der Waals surface area contributed by atoms with Crippen LogP contribution < -0.4 is 20.1 Å². The molecule has 0 bridgehead atoms. The van der Waals surface area contributed by atoms with Crippen LogP contribution in [0.2, 0.25) is 0 Å². The van der Waals surface area contributed by atoms with Gasteiger partial charge in [-0.2, -0.15) is 13.2 Å². The standard InChI is InChI=1S/C20H21F3N2O5S/c1-3-29-12-8-7-11(10-13(12)30-4-2)16-15(17(26)14-6-5-9-31-14)19(28,20(21,22)23)25-18(27)24-16/h5-10,15-16,28H,3-4H2,1-2H3,(H2,24,25,27)/t15-,16-,19+/m0/s1. The normalized spacial score (nSPS) is 23.6. The van der Waals surface area contributed by atoms with E-state index in [-0.39, 0.29) is 22.8 Å². The minimum absolute atomic E-state index is 0.0200. The van der Waals surface area contributed by atoms with Crippen molar-refractivity contribution in [2.24, 2.45) is 5.92 Å². The third-order valence-electron chi connectivity index (χ3n) is 4.78. The van der Waals surface area contributed by atoms with E-state index in [9.17, 15) is 27.9 Å². The molecule has 2 aromatic rings. The summed E-state index contributed by atoms with van der Waals surface area (Å²) in [5, 5.41) is 16.0. The molecule has 0 spiro atoms. The van der Waals surface area contributed by atoms with E-state index in [4.69, 9.17) is 9.47 Å². The summed E-state index contributed by atoms with van der Waals surface area (Å²) in [7, 11) is 0. The maximum Gasteiger partial charge on any atom is 0.437 e. The van der Waals surface area contributed by atoms with Gasteiger partial charge in [-0.1, -0.05) is 12.1 Å². The fraction of sp³-hybridized carbons (Fsp3) is 0.400. The van der Waals surface area contributed by atoms with E-state index in [0.29, 0.717) is 12.4 Å². The Morgan fingerprint density at radius 1 is 1.19 bits per heavy atom. The van der Waals surface area contributed by atoms with Gasteiger partial charge in [0.2, 0.25) is 5.72 Å². The lowest BCUT2D eigenvalue weighted by Crippen LogP contribution is -2.72. The van der Waals surface area contributed by atoms with Crippen molar-refractivity contribution in [1.82, 2.24) is 10.6 Å². The summed E-state index contributed by atoms with van der Waals surface area (Å²) in [6.07, 6.45) is -5.31. The molecule has 7 nitrogen and oxygen atoms in total. The van der Waals surface area contributed by atoms with Crippen molar-refractivity contribution in [2.45, 2.75) is 31.8 Å². The van der Waals surface area contributed by atoms with Crippen molar-refractivity contribution in [3.8, 4) is 11.5 Å². The molecule has 0 unspecified atom stereocenters. The number of hydrogen-bond donors (Lipinski definition) is 3. The maximum atomic E-state index is 13.9. The number of nitrogens with one attached hydrogen (secondary N) is 2. The molecule has 3 atom stereocenters. The molecule has 2 heterocycles. The van der Waals surface area contributed by atoms with Crippen molar-refractivity contribution < 1.29 is 37.3 Å². The Morgan fingerprint density at radius 3 is 2.45 bits per heavy atom. The molecule has 168 valence electrons. The van der Waals surface area contributed by atoms with Gasteiger partial charge in [0.15, 0.2) is 17.3 Å². The van der Waals surface area contributed by atoms with Crippen molar-refractivity contribution in [1.29, 1.82) is 0 Å². The van der Waals surface area contributed by atoms with Crippen LogP contribution in [0.4, 0.5) is 18.0 Å². The quantitative estimate of drug-likeness (QED) is 0.551. The Kier molecular flexibility index (Phi) is 6.46. The van der Waals surface area contributed by atoms with Crippen molar-refractivity contribution in [2.75, 3.05) is 13.2 Å². The number of ether oxygens (including phenoxy) is 2. The molecule has 1 fully saturated rings. The number of thiophene rings is 1. The van der Waals surface area contributed by atoms with Gasteiger partial charge in [0.05, 0.1) is 24.1 Å². The fourth-order valence-corrected chi connectivity index (χ4v) is 4.15. The van der Waals surface area contributed by atoms with Crippen LogP contribution in [0.5, 0.6) is 11.5 Å². The monoisotopic (exact) mass is 458 g/mol. The van der Waals surface area contributed by atoms with Crippen LogP contribution in [-0.2, 0) is 0 Å². The topological polar surface area (TPSA) is 96.9 Å². The summed E-state index contributed by atoms with van der Waals surface area (Å²) < 4.78 is 52.7. The molecule has 0 saturated carbocycles. The van der Waals surface area contributed by atoms with Crippen molar-refractivity contribution in [3.63, 3.8) is 0 Å². The number of rotatable bonds is 7. The zero-order valence-corrected chi connectivity index (χ0v) is 17.5. The highest BCUT2D eigenvalue weighted by Crippen LogP contribution is 2.45. The van der Waals surface area contributed by atoms with Crippen LogP contribution >= 0.6 is 11.3 Å². The molecule has 3 rings (SSSR count). The number of urea groups is 1. The van der Waals surface area contributed by atoms with Gasteiger partial charge in [-0.15, -0.1) is 11.3 Å². The van der Waals surface area contributed by atoms with Gasteiger partial charge in [-0.3, -0.25) is 4.79 Å². The van der Waals surface area contributed by atoms with Crippen LogP contribution in [0, 0.1) is 5.92 Å². The lowest BCUT2D eigenvalue weighted by Gasteiger charge is -2.44. The SMILES string of the molecule is CCOc1ccc([C@@H]2NC(=O)N[C@](O)(C(F)(F)F)[C@@H]2C(=O)c2cccs2)cc1OCC. The maximum absolute atomic E-state index is 13.9. The van der Waals surface area contributed by atoms with Crippen molar-refractivity contribution in [3.05, 3.63) is 46.2 Å². The average molecular weight is 458 g/mol. The Morgan fingerprint density at radius 2 is 1.87 bits per heavy atom. The summed E-state index contributed by atoms with van der Waals surface area (Å²) in [4.78, 5) is 25.2. The molecule has 2 amide bonds. The van der Waals surface area contributed by atoms with Gasteiger partial charge in [0.1, 0.15) is 5.92 Å². The van der Waals surface area contributed by atoms with Gasteiger partial charge in [-0.25, -0.2) is 4.79 Å². The van der Waals surface area contributed by atoms with Gasteiger partial charge in [-0.05, 0) is 43.0 Å². The first-order chi connectivity index (χ1) is 14.6. The molecule has 0 aliphatic carbocycles. The van der Waals surface area contributed by atoms with Gasteiger partial charge >= 0.3 is 12.2 Å². The first kappa shape index (κ1) is 22.9. The van der Waals surface area contributed by atoms with E-state index in [2.05, 4.69) is 5.32 Å². The summed E-state index contributed by atoms with van der Waals surface area (Å²) in [5.74, 6) is -2.44. The van der Waals surface area contributed by atoms with Crippen LogP contribution in [0.25, 0.3) is 0 Å². The molecular formula is C20H21F3N2O5S. The molecular weight excluding hydrogens is 437 g/mol. The third kappa shape index (κ3) is 4.33. The van der Waals surface area contributed by atoms with E-state index in [1.54, 1.807) is 13.8 Å². The van der Waals surface area contributed by atoms with E-state index in [0.717, 1.165) is 11.3 Å². The molecule has 1 aromatic heterocycles. The Bertz CT molecular complexity index is 951. The minimum atomic E-state index is -5.31. The average Bonchev–Trinajstić information content (AvgIpc) is 3.23. The number of carbonyl (C=O) groups is 2. The second kappa shape index (κ2) is 8.75. The second-order valence-corrected chi connectivity index (χ2v) is 7.68. The highest BCUT2D eigenvalue weighted by Gasteiger charge is 2.66. The molecule has 1 aliphatic heterocycles. The van der Waals surface area contributed by atoms with E-state index >= 15 is 0 Å². The fourth-order valence-electron chi connectivity index (χ4n) is 3.45. The predicted molar refractivity (Wildman–Crippen MR) is 106 cm³/mol. The molecule has 31 heavy (non-hydrogen) atoms. The molecule has 3 N–H and O–H groups in total. The van der Waals surface area contributed by atoms with E-state index < -0.39 is 35.7 Å². The summed E-state index contributed by atoms with van der Waals surface area (Å²) >= 11 is 0.941. The molecule has 1 saturated heterocycles. The zero-order chi connectivity index (χ0) is 22.8. The number of benzene rings is 1. The van der Waals surface area contributed by atoms with Gasteiger partial charge in [0, 0.05) is 0 Å². The number of aliphatic hydroxyl groups is 1. The lowest BCUT2D eigenvalue weighted by atomic mass is 9.78. The highest BCUT2D eigenvalue weighted by molar-refractivity contribution is 7.12. The van der Waals surface area contributed by atoms with Gasteiger partial charge in [0.25, 0.3) is 0 Å². The second-order valence-electron chi connectivity index (χ2n) is 6.73. The first-order valence-electron chi connectivity index (χ1n) is 9.47. The minimum Gasteiger partial charge on any atom is -0.490 e. The summed E-state index contributed by atoms with van der Waals surface area (Å²) in [6.45, 7) is 4.07. The number of ketones is 1. The molecule has 1 aliphatic rings. The predicted octanol–water partition coefficient (Wildman–Crippen LogP) is 3.65. The number of hydrogen-bond acceptors (Lipinski definition) is 6. The molecule has 1 aromatic carbocycles. The van der Waals surface area contributed by atoms with Crippen LogP contribution in [-0.4, -0.2) is 42.0 Å². The number of alkyl halides is 3. The van der Waals surface area contributed by atoms with E-state index in [1.807, 2.05) is 0 Å². The first-order valence-corrected chi connectivity index (χ1v) is 10.3. The largest absolute Gasteiger partial charge is 0.490 e. The number of halogens is 3.